The minimum Gasteiger partial charge on any atom is -0.854 e. The van der Waals surface area contributed by atoms with E-state index in [2.05, 4.69) is 25.5 Å². The van der Waals surface area contributed by atoms with Crippen LogP contribution in [0.15, 0.2) is 31.8 Å². The lowest BCUT2D eigenvalue weighted by Gasteiger charge is -2.49. The second-order valence-corrected chi connectivity index (χ2v) is 10.2. The summed E-state index contributed by atoms with van der Waals surface area (Å²) in [7, 11) is 2.68. The van der Waals surface area contributed by atoms with Crippen LogP contribution in [0.5, 0.6) is 5.88 Å². The van der Waals surface area contributed by atoms with Crippen molar-refractivity contribution >= 4 is 63.5 Å². The first-order valence-corrected chi connectivity index (χ1v) is 12.8. The summed E-state index contributed by atoms with van der Waals surface area (Å²) in [5, 5.41) is 32.1. The first kappa shape index (κ1) is 25.5. The molecule has 2 aromatic rings. The Morgan fingerprint density at radius 2 is 2.17 bits per heavy atom. The number of thiazole rings is 1. The molecule has 2 amide bonds. The Labute approximate surface area is 214 Å². The predicted octanol–water partition coefficient (Wildman–Crippen LogP) is -1.83. The van der Waals surface area contributed by atoms with Crippen LogP contribution >= 0.6 is 34.9 Å². The highest BCUT2D eigenvalue weighted by Gasteiger charge is 2.54. The third kappa shape index (κ3) is 4.73. The Hall–Kier alpha value is -3.64. The fraction of sp³-hybridized carbons (Fsp3) is 0.333. The molecule has 4 N–H and O–H groups in total. The molecule has 2 aliphatic heterocycles. The number of carbonyl (C=O) groups is 3. The van der Waals surface area contributed by atoms with Gasteiger partial charge < -0.3 is 26.1 Å². The van der Waals surface area contributed by atoms with E-state index >= 15 is 0 Å². The molecule has 4 rings (SSSR count). The molecule has 0 aromatic carbocycles. The average Bonchev–Trinajstić information content (AvgIpc) is 3.27. The standard InChI is InChI=1S/C18H18N8O7S3/c1-25-18(22-12(28)13(29)23-25)36-4-6-3-34-15-9(14(30)26(15)10(6)16(31)32)21-11(27)8(24-33-2)7-5-35-17(19)20-7/h5,9,15H,3-4H2,1-2H3,(H2,19,20)(H,21,27)(H,23,29)(H,31,32)/p-1/b24-8+. The summed E-state index contributed by atoms with van der Waals surface area (Å²) in [5.74, 6) is -3.35. The number of hydrogen-bond acceptors (Lipinski definition) is 14. The molecule has 1 saturated heterocycles. The lowest BCUT2D eigenvalue weighted by Crippen LogP contribution is -2.71. The van der Waals surface area contributed by atoms with Gasteiger partial charge in [-0.1, -0.05) is 16.9 Å². The molecule has 36 heavy (non-hydrogen) atoms. The van der Waals surface area contributed by atoms with E-state index < -0.39 is 40.6 Å². The fourth-order valence-electron chi connectivity index (χ4n) is 3.40. The smallest absolute Gasteiger partial charge is 0.352 e. The lowest BCUT2D eigenvalue weighted by molar-refractivity contribution is -0.279. The van der Waals surface area contributed by atoms with Crippen LogP contribution in [0.25, 0.3) is 0 Å². The Morgan fingerprint density at radius 3 is 2.81 bits per heavy atom. The number of fused-ring (bicyclic) bond motifs is 1. The van der Waals surface area contributed by atoms with Crippen molar-refractivity contribution in [1.82, 2.24) is 30.0 Å². The molecule has 0 bridgehead atoms. The van der Waals surface area contributed by atoms with Gasteiger partial charge in [0.2, 0.25) is 0 Å². The summed E-state index contributed by atoms with van der Waals surface area (Å²) in [5.41, 5.74) is 4.79. The number of nitrogens with zero attached hydrogens (tertiary/aromatic N) is 6. The number of oxime groups is 1. The summed E-state index contributed by atoms with van der Waals surface area (Å²) in [6, 6.07) is -1.000. The molecular formula is C18H17N8O7S3-. The van der Waals surface area contributed by atoms with Gasteiger partial charge in [-0.2, -0.15) is 10.1 Å². The van der Waals surface area contributed by atoms with Crippen LogP contribution in [0, 0.1) is 0 Å². The van der Waals surface area contributed by atoms with Crippen LogP contribution in [0.3, 0.4) is 0 Å². The van der Waals surface area contributed by atoms with Gasteiger partial charge in [0.05, 0.1) is 5.88 Å². The van der Waals surface area contributed by atoms with E-state index in [9.17, 15) is 29.4 Å². The summed E-state index contributed by atoms with van der Waals surface area (Å²) in [6.07, 6.45) is 0. The number of rotatable bonds is 8. The zero-order valence-corrected chi connectivity index (χ0v) is 21.0. The van der Waals surface area contributed by atoms with Gasteiger partial charge in [0.25, 0.3) is 17.4 Å². The summed E-state index contributed by atoms with van der Waals surface area (Å²) >= 11 is 3.37. The van der Waals surface area contributed by atoms with E-state index in [-0.39, 0.29) is 38.9 Å². The van der Waals surface area contributed by atoms with Crippen LogP contribution in [0.1, 0.15) is 5.69 Å². The van der Waals surface area contributed by atoms with Crippen molar-refractivity contribution < 1.29 is 29.4 Å². The average molecular weight is 554 g/mol. The molecule has 0 saturated carbocycles. The number of nitrogen functional groups attached to an aromatic ring is 1. The number of amides is 2. The number of anilines is 1. The number of thioether (sulfide) groups is 2. The van der Waals surface area contributed by atoms with Gasteiger partial charge in [-0.25, -0.2) is 14.5 Å². The molecular weight excluding hydrogens is 536 g/mol. The second kappa shape index (κ2) is 10.2. The molecule has 2 atom stereocenters. The van der Waals surface area contributed by atoms with Crippen molar-refractivity contribution in [2.24, 2.45) is 12.2 Å². The highest BCUT2D eigenvalue weighted by molar-refractivity contribution is 8.01. The van der Waals surface area contributed by atoms with Crippen LogP contribution < -0.4 is 21.7 Å². The molecule has 2 aliphatic rings. The molecule has 190 valence electrons. The number of carboxylic acid groups (broad SMARTS) is 1. The zero-order chi connectivity index (χ0) is 26.1. The fourth-order valence-corrected chi connectivity index (χ4v) is 6.34. The number of carboxylic acids is 1. The molecule has 0 aliphatic carbocycles. The predicted molar refractivity (Wildman–Crippen MR) is 127 cm³/mol. The Balaban J connectivity index is 1.51. The maximum Gasteiger partial charge on any atom is 0.352 e. The first-order chi connectivity index (χ1) is 17.1. The summed E-state index contributed by atoms with van der Waals surface area (Å²) < 4.78 is 1.13. The summed E-state index contributed by atoms with van der Waals surface area (Å²) in [6.45, 7) is 0. The van der Waals surface area contributed by atoms with Crippen molar-refractivity contribution in [1.29, 1.82) is 0 Å². The molecule has 0 spiro atoms. The Bertz CT molecular complexity index is 1370. The minimum absolute atomic E-state index is 0.0816. The molecule has 15 nitrogen and oxygen atoms in total. The van der Waals surface area contributed by atoms with E-state index in [4.69, 9.17) is 10.6 Å². The van der Waals surface area contributed by atoms with Gasteiger partial charge in [0.1, 0.15) is 29.9 Å². The first-order valence-electron chi connectivity index (χ1n) is 9.91. The van der Waals surface area contributed by atoms with Crippen molar-refractivity contribution in [3.8, 4) is 5.88 Å². The lowest BCUT2D eigenvalue weighted by atomic mass is 10.0. The number of β-lactam (4-membered cyclic amide) rings is 1. The summed E-state index contributed by atoms with van der Waals surface area (Å²) in [4.78, 5) is 62.8. The number of carbonyl (C=O) groups excluding carboxylic acids is 2. The molecule has 18 heteroatoms. The maximum absolute atomic E-state index is 12.9. The van der Waals surface area contributed by atoms with Crippen LogP contribution in [-0.2, 0) is 26.3 Å². The van der Waals surface area contributed by atoms with Crippen LogP contribution in [0.2, 0.25) is 0 Å². The van der Waals surface area contributed by atoms with Gasteiger partial charge in [0, 0.05) is 23.9 Å². The SMILES string of the molecule is CO/N=C(/C(=O)NC1C(=O)N2C(C(=O)O)=C(CSc3nc(=O)c([O-])nn3C)CSC12)c1csc(N)n1. The van der Waals surface area contributed by atoms with E-state index in [1.165, 1.54) is 31.3 Å². The largest absolute Gasteiger partial charge is 0.854 e. The number of aryl methyl sites for hydroxylation is 1. The van der Waals surface area contributed by atoms with Crippen LogP contribution in [0.4, 0.5) is 5.13 Å². The Morgan fingerprint density at radius 1 is 1.42 bits per heavy atom. The van der Waals surface area contributed by atoms with Crippen LogP contribution in [-0.4, -0.2) is 83.3 Å². The maximum atomic E-state index is 12.9. The quantitative estimate of drug-likeness (QED) is 0.142. The third-order valence-electron chi connectivity index (χ3n) is 4.97. The molecule has 4 heterocycles. The van der Waals surface area contributed by atoms with Gasteiger partial charge in [-0.3, -0.25) is 19.3 Å². The number of aromatic nitrogens is 4. The molecule has 0 radical (unpaired) electrons. The molecule has 2 unspecified atom stereocenters. The number of aliphatic carboxylic acids is 1. The van der Waals surface area contributed by atoms with E-state index in [0.717, 1.165) is 32.7 Å². The number of nitrogens with two attached hydrogens (primary N) is 1. The monoisotopic (exact) mass is 553 g/mol. The van der Waals surface area contributed by atoms with E-state index in [1.54, 1.807) is 0 Å². The zero-order valence-electron chi connectivity index (χ0n) is 18.5. The van der Waals surface area contributed by atoms with E-state index in [1.807, 2.05) is 0 Å². The molecule has 1 fully saturated rings. The van der Waals surface area contributed by atoms with Crippen molar-refractivity contribution in [2.75, 3.05) is 24.3 Å². The highest BCUT2D eigenvalue weighted by atomic mass is 32.2. The third-order valence-corrected chi connectivity index (χ3v) is 8.09. The second-order valence-electron chi connectivity index (χ2n) is 7.23. The van der Waals surface area contributed by atoms with Gasteiger partial charge in [-0.15, -0.1) is 23.1 Å². The normalized spacial score (nSPS) is 19.6. The van der Waals surface area contributed by atoms with Gasteiger partial charge in [0.15, 0.2) is 16.0 Å². The van der Waals surface area contributed by atoms with Crippen molar-refractivity contribution in [3.63, 3.8) is 0 Å². The molecule has 2 aromatic heterocycles. The number of hydrogen-bond donors (Lipinski definition) is 3. The van der Waals surface area contributed by atoms with Crippen molar-refractivity contribution in [2.45, 2.75) is 16.6 Å². The highest BCUT2D eigenvalue weighted by Crippen LogP contribution is 2.41. The number of nitrogens with one attached hydrogen (secondary N) is 1. The Kier molecular flexibility index (Phi) is 7.18. The van der Waals surface area contributed by atoms with E-state index in [0.29, 0.717) is 5.57 Å². The van der Waals surface area contributed by atoms with Gasteiger partial charge in [-0.05, 0) is 5.57 Å². The van der Waals surface area contributed by atoms with Gasteiger partial charge >= 0.3 is 5.97 Å². The minimum atomic E-state index is -1.32. The topological polar surface area (TPSA) is 218 Å². The van der Waals surface area contributed by atoms with Crippen molar-refractivity contribution in [3.05, 3.63) is 32.7 Å².